The number of fused-ring (bicyclic) bond motifs is 1. The van der Waals surface area contributed by atoms with E-state index in [1.54, 1.807) is 61.5 Å². The molecule has 1 aliphatic rings. The van der Waals surface area contributed by atoms with Gasteiger partial charge in [0.05, 0.1) is 22.3 Å². The van der Waals surface area contributed by atoms with Gasteiger partial charge in [-0.15, -0.1) is 0 Å². The lowest BCUT2D eigenvalue weighted by Crippen LogP contribution is -2.30. The van der Waals surface area contributed by atoms with E-state index in [0.717, 1.165) is 5.56 Å². The SMILES string of the molecule is COC(=O)CCC1CC(S(=O)(=O)c2cccc(C)c2)c2cc(/C=C(\C)c3c(F)cccc3Cl)ccc2O1. The molecule has 0 bridgehead atoms. The molecule has 1 heterocycles. The van der Waals surface area contributed by atoms with Crippen LogP contribution < -0.4 is 4.74 Å². The Morgan fingerprint density at radius 3 is 2.62 bits per heavy atom. The van der Waals surface area contributed by atoms with Crippen LogP contribution in [0.15, 0.2) is 65.6 Å². The van der Waals surface area contributed by atoms with Gasteiger partial charge in [0.1, 0.15) is 17.7 Å². The fourth-order valence-corrected chi connectivity index (χ4v) is 6.86. The minimum absolute atomic E-state index is 0.122. The molecule has 0 aliphatic carbocycles. The summed E-state index contributed by atoms with van der Waals surface area (Å²) in [6, 6.07) is 16.6. The van der Waals surface area contributed by atoms with Crippen molar-refractivity contribution in [3.63, 3.8) is 0 Å². The number of esters is 1. The zero-order chi connectivity index (χ0) is 26.7. The predicted octanol–water partition coefficient (Wildman–Crippen LogP) is 6.97. The summed E-state index contributed by atoms with van der Waals surface area (Å²) in [5.74, 6) is -0.368. The van der Waals surface area contributed by atoms with Crippen molar-refractivity contribution in [2.75, 3.05) is 7.11 Å². The lowest BCUT2D eigenvalue weighted by atomic mass is 9.96. The highest BCUT2D eigenvalue weighted by Gasteiger charge is 2.38. The number of aryl methyl sites for hydroxylation is 1. The molecule has 0 aromatic heterocycles. The summed E-state index contributed by atoms with van der Waals surface area (Å²) in [5, 5.41) is -0.588. The third-order valence-corrected chi connectivity index (χ3v) is 8.90. The average molecular weight is 543 g/mol. The molecule has 2 atom stereocenters. The molecule has 0 N–H and O–H groups in total. The molecule has 3 aromatic carbocycles. The summed E-state index contributed by atoms with van der Waals surface area (Å²) >= 11 is 6.23. The Labute approximate surface area is 221 Å². The number of halogens is 2. The number of carbonyl (C=O) groups is 1. The molecular formula is C29H28ClFO5S. The molecule has 1 aliphatic heterocycles. The van der Waals surface area contributed by atoms with Gasteiger partial charge in [0.15, 0.2) is 9.84 Å². The minimum atomic E-state index is -3.78. The summed E-state index contributed by atoms with van der Waals surface area (Å²) in [7, 11) is -2.47. The van der Waals surface area contributed by atoms with Crippen molar-refractivity contribution in [1.29, 1.82) is 0 Å². The van der Waals surface area contributed by atoms with E-state index in [0.29, 0.717) is 39.5 Å². The van der Waals surface area contributed by atoms with Crippen LogP contribution in [-0.4, -0.2) is 27.6 Å². The Balaban J connectivity index is 1.77. The molecule has 37 heavy (non-hydrogen) atoms. The maximum absolute atomic E-state index is 14.5. The topological polar surface area (TPSA) is 69.7 Å². The quantitative estimate of drug-likeness (QED) is 0.238. The molecule has 0 saturated heterocycles. The van der Waals surface area contributed by atoms with E-state index in [9.17, 15) is 17.6 Å². The van der Waals surface area contributed by atoms with Crippen molar-refractivity contribution < 1.29 is 27.1 Å². The van der Waals surface area contributed by atoms with Crippen molar-refractivity contribution in [2.24, 2.45) is 0 Å². The van der Waals surface area contributed by atoms with Gasteiger partial charge in [-0.1, -0.05) is 41.9 Å². The lowest BCUT2D eigenvalue weighted by Gasteiger charge is -2.32. The smallest absolute Gasteiger partial charge is 0.305 e. The number of sulfone groups is 1. The van der Waals surface area contributed by atoms with E-state index >= 15 is 0 Å². The number of hydrogen-bond acceptors (Lipinski definition) is 5. The van der Waals surface area contributed by atoms with E-state index < -0.39 is 27.0 Å². The zero-order valence-electron chi connectivity index (χ0n) is 20.8. The van der Waals surface area contributed by atoms with Crippen LogP contribution in [0.25, 0.3) is 11.6 Å². The van der Waals surface area contributed by atoms with Crippen LogP contribution in [0.3, 0.4) is 0 Å². The molecule has 0 fully saturated rings. The maximum Gasteiger partial charge on any atom is 0.305 e. The third kappa shape index (κ3) is 5.89. The first-order valence-electron chi connectivity index (χ1n) is 11.9. The summed E-state index contributed by atoms with van der Waals surface area (Å²) in [6.07, 6.45) is 1.93. The van der Waals surface area contributed by atoms with Gasteiger partial charge in [-0.25, -0.2) is 12.8 Å². The van der Waals surface area contributed by atoms with Crippen molar-refractivity contribution in [2.45, 2.75) is 49.4 Å². The van der Waals surface area contributed by atoms with Gasteiger partial charge < -0.3 is 9.47 Å². The standard InChI is InChI=1S/C29H28ClFO5S/c1-18-6-4-7-22(14-18)37(33,34)27-17-21(11-13-28(32)35-3)36-26-12-10-20(16-23(26)27)15-19(2)29-24(30)8-5-9-25(29)31/h4-10,12,14-16,21,27H,11,13,17H2,1-3H3/b19-15+. The van der Waals surface area contributed by atoms with Crippen LogP contribution in [0.4, 0.5) is 4.39 Å². The monoisotopic (exact) mass is 542 g/mol. The molecule has 4 rings (SSSR count). The van der Waals surface area contributed by atoms with E-state index in [4.69, 9.17) is 21.1 Å². The van der Waals surface area contributed by atoms with Crippen molar-refractivity contribution >= 4 is 39.1 Å². The average Bonchev–Trinajstić information content (AvgIpc) is 2.86. The second kappa shape index (κ2) is 11.1. The lowest BCUT2D eigenvalue weighted by molar-refractivity contribution is -0.141. The molecular weight excluding hydrogens is 515 g/mol. The summed E-state index contributed by atoms with van der Waals surface area (Å²) < 4.78 is 53.0. The number of methoxy groups -OCH3 is 1. The zero-order valence-corrected chi connectivity index (χ0v) is 22.4. The highest BCUT2D eigenvalue weighted by Crippen LogP contribution is 2.44. The number of rotatable bonds is 7. The van der Waals surface area contributed by atoms with Gasteiger partial charge in [-0.2, -0.15) is 0 Å². The van der Waals surface area contributed by atoms with Crippen LogP contribution in [0, 0.1) is 12.7 Å². The Hall–Kier alpha value is -3.16. The van der Waals surface area contributed by atoms with Gasteiger partial charge in [-0.05, 0) is 73.4 Å². The first kappa shape index (κ1) is 26.9. The minimum Gasteiger partial charge on any atom is -0.490 e. The normalized spacial score (nSPS) is 17.6. The first-order chi connectivity index (χ1) is 17.6. The van der Waals surface area contributed by atoms with Crippen LogP contribution in [0.1, 0.15) is 53.7 Å². The Morgan fingerprint density at radius 2 is 1.92 bits per heavy atom. The van der Waals surface area contributed by atoms with Gasteiger partial charge in [0.2, 0.25) is 0 Å². The van der Waals surface area contributed by atoms with Crippen LogP contribution in [0.5, 0.6) is 5.75 Å². The first-order valence-corrected chi connectivity index (χ1v) is 13.8. The Morgan fingerprint density at radius 1 is 1.16 bits per heavy atom. The van der Waals surface area contributed by atoms with E-state index in [-0.39, 0.29) is 23.7 Å². The van der Waals surface area contributed by atoms with Crippen molar-refractivity contribution in [3.05, 3.63) is 93.8 Å². The van der Waals surface area contributed by atoms with E-state index in [1.165, 1.54) is 13.2 Å². The molecule has 194 valence electrons. The second-order valence-corrected chi connectivity index (χ2v) is 11.7. The molecule has 8 heteroatoms. The number of carbonyl (C=O) groups excluding carboxylic acids is 1. The fraction of sp³-hybridized carbons (Fsp3) is 0.276. The Bertz CT molecular complexity index is 1440. The third-order valence-electron chi connectivity index (χ3n) is 6.48. The largest absolute Gasteiger partial charge is 0.490 e. The van der Waals surface area contributed by atoms with Crippen LogP contribution in [-0.2, 0) is 19.4 Å². The number of hydrogen-bond donors (Lipinski definition) is 0. The molecule has 3 aromatic rings. The number of benzene rings is 3. The summed E-state index contributed by atoms with van der Waals surface area (Å²) in [4.78, 5) is 11.9. The van der Waals surface area contributed by atoms with Crippen LogP contribution >= 0.6 is 11.6 Å². The molecule has 0 radical (unpaired) electrons. The van der Waals surface area contributed by atoms with Gasteiger partial charge >= 0.3 is 5.97 Å². The van der Waals surface area contributed by atoms with Gasteiger partial charge in [0, 0.05) is 24.0 Å². The van der Waals surface area contributed by atoms with Gasteiger partial charge in [0.25, 0.3) is 0 Å². The summed E-state index contributed by atoms with van der Waals surface area (Å²) in [5.41, 5.74) is 2.96. The maximum atomic E-state index is 14.5. The molecule has 2 unspecified atom stereocenters. The molecule has 0 amide bonds. The predicted molar refractivity (Wildman–Crippen MR) is 143 cm³/mol. The van der Waals surface area contributed by atoms with E-state index in [2.05, 4.69) is 0 Å². The molecule has 5 nitrogen and oxygen atoms in total. The molecule has 0 spiro atoms. The van der Waals surface area contributed by atoms with E-state index in [1.807, 2.05) is 13.0 Å². The van der Waals surface area contributed by atoms with Crippen molar-refractivity contribution in [3.8, 4) is 5.75 Å². The number of allylic oxidation sites excluding steroid dienone is 1. The summed E-state index contributed by atoms with van der Waals surface area (Å²) in [6.45, 7) is 3.60. The number of ether oxygens (including phenoxy) is 2. The van der Waals surface area contributed by atoms with Crippen LogP contribution in [0.2, 0.25) is 5.02 Å². The van der Waals surface area contributed by atoms with Gasteiger partial charge in [-0.3, -0.25) is 4.79 Å². The Kier molecular flexibility index (Phi) is 8.05. The fourth-order valence-electron chi connectivity index (χ4n) is 4.61. The van der Waals surface area contributed by atoms with Crippen molar-refractivity contribution in [1.82, 2.24) is 0 Å². The second-order valence-electron chi connectivity index (χ2n) is 9.16. The molecule has 0 saturated carbocycles. The highest BCUT2D eigenvalue weighted by molar-refractivity contribution is 7.91. The highest BCUT2D eigenvalue weighted by atomic mass is 35.5.